The molecule has 0 bridgehead atoms. The number of carbonyl (C=O) groups is 1. The molecule has 4 heterocycles. The van der Waals surface area contributed by atoms with Gasteiger partial charge in [0.15, 0.2) is 0 Å². The molecule has 0 spiro atoms. The van der Waals surface area contributed by atoms with Gasteiger partial charge in [-0.2, -0.15) is 0 Å². The van der Waals surface area contributed by atoms with E-state index in [1.54, 1.807) is 0 Å². The molecule has 1 atom stereocenters. The van der Waals surface area contributed by atoms with Gasteiger partial charge in [-0.3, -0.25) is 4.79 Å². The van der Waals surface area contributed by atoms with E-state index in [0.29, 0.717) is 18.9 Å². The van der Waals surface area contributed by atoms with Crippen LogP contribution in [-0.4, -0.2) is 68.7 Å². The lowest BCUT2D eigenvalue weighted by atomic mass is 9.97. The number of nitrogens with one attached hydrogen (secondary N) is 1. The van der Waals surface area contributed by atoms with Crippen LogP contribution in [0.3, 0.4) is 0 Å². The summed E-state index contributed by atoms with van der Waals surface area (Å²) in [5, 5.41) is 10.2. The standard InChI is InChI=1S/C22H28N6O/c1-26-9-4-5-16(15-26)22-25-24-20-8-10-27(11-12-28(20)22)21(29)13-17-14-23-19-7-3-2-6-18(17)19/h2-3,6-7,14,16,23H,4-5,8-13,15H2,1H3/t16-/m1/s1. The second-order valence-electron chi connectivity index (χ2n) is 8.39. The van der Waals surface area contributed by atoms with Gasteiger partial charge < -0.3 is 19.4 Å². The molecule has 7 heteroatoms. The molecule has 2 aromatic heterocycles. The van der Waals surface area contributed by atoms with Crippen LogP contribution in [0.4, 0.5) is 0 Å². The number of aromatic amines is 1. The lowest BCUT2D eigenvalue weighted by Gasteiger charge is -2.29. The summed E-state index contributed by atoms with van der Waals surface area (Å²) >= 11 is 0. The SMILES string of the molecule is CN1CCC[C@@H](c2nnc3n2CCN(C(=O)Cc2c[nH]c4ccccc24)CC3)C1. The van der Waals surface area contributed by atoms with Crippen LogP contribution in [0.15, 0.2) is 30.5 Å². The molecule has 7 nitrogen and oxygen atoms in total. The van der Waals surface area contributed by atoms with E-state index >= 15 is 0 Å². The number of likely N-dealkylation sites (tertiary alicyclic amines) is 1. The van der Waals surface area contributed by atoms with Crippen molar-refractivity contribution in [3.8, 4) is 0 Å². The summed E-state index contributed by atoms with van der Waals surface area (Å²) in [5.74, 6) is 2.77. The summed E-state index contributed by atoms with van der Waals surface area (Å²) in [6.07, 6.45) is 5.55. The van der Waals surface area contributed by atoms with Crippen LogP contribution in [-0.2, 0) is 24.2 Å². The van der Waals surface area contributed by atoms with E-state index in [2.05, 4.69) is 37.8 Å². The number of fused-ring (bicyclic) bond motifs is 2. The zero-order valence-electron chi connectivity index (χ0n) is 17.0. The van der Waals surface area contributed by atoms with Gasteiger partial charge >= 0.3 is 0 Å². The normalized spacial score (nSPS) is 20.6. The molecule has 29 heavy (non-hydrogen) atoms. The first-order valence-electron chi connectivity index (χ1n) is 10.6. The Morgan fingerprint density at radius 2 is 2.07 bits per heavy atom. The van der Waals surface area contributed by atoms with Crippen LogP contribution in [0.25, 0.3) is 10.9 Å². The fourth-order valence-electron chi connectivity index (χ4n) is 4.83. The molecular formula is C22H28N6O. The Labute approximate surface area is 170 Å². The number of benzene rings is 1. The molecule has 0 saturated carbocycles. The third-order valence-electron chi connectivity index (χ3n) is 6.41. The maximum absolute atomic E-state index is 13.0. The zero-order valence-corrected chi connectivity index (χ0v) is 17.0. The number of H-pyrrole nitrogens is 1. The van der Waals surface area contributed by atoms with Crippen LogP contribution in [0.1, 0.15) is 36.0 Å². The highest BCUT2D eigenvalue weighted by atomic mass is 16.2. The summed E-state index contributed by atoms with van der Waals surface area (Å²) in [4.78, 5) is 20.7. The van der Waals surface area contributed by atoms with Crippen molar-refractivity contribution in [2.75, 3.05) is 33.2 Å². The largest absolute Gasteiger partial charge is 0.361 e. The van der Waals surface area contributed by atoms with Gasteiger partial charge in [-0.15, -0.1) is 10.2 Å². The summed E-state index contributed by atoms with van der Waals surface area (Å²) in [7, 11) is 2.18. The number of rotatable bonds is 3. The molecule has 5 rings (SSSR count). The third-order valence-corrected chi connectivity index (χ3v) is 6.41. The first-order chi connectivity index (χ1) is 14.2. The molecule has 0 unspecified atom stereocenters. The molecule has 0 radical (unpaired) electrons. The lowest BCUT2D eigenvalue weighted by Crippen LogP contribution is -2.35. The summed E-state index contributed by atoms with van der Waals surface area (Å²) in [6.45, 7) is 4.43. The second kappa shape index (κ2) is 7.63. The molecule has 1 aromatic carbocycles. The smallest absolute Gasteiger partial charge is 0.227 e. The fraction of sp³-hybridized carbons (Fsp3) is 0.500. The van der Waals surface area contributed by atoms with Gasteiger partial charge in [-0.25, -0.2) is 0 Å². The summed E-state index contributed by atoms with van der Waals surface area (Å²) in [5.41, 5.74) is 2.15. The van der Waals surface area contributed by atoms with Crippen molar-refractivity contribution in [1.29, 1.82) is 0 Å². The van der Waals surface area contributed by atoms with Gasteiger partial charge in [0.25, 0.3) is 0 Å². The summed E-state index contributed by atoms with van der Waals surface area (Å²) in [6, 6.07) is 8.15. The van der Waals surface area contributed by atoms with Crippen LogP contribution >= 0.6 is 0 Å². The third kappa shape index (κ3) is 3.55. The number of amides is 1. The van der Waals surface area contributed by atoms with Gasteiger partial charge in [0.1, 0.15) is 11.6 Å². The highest BCUT2D eigenvalue weighted by Crippen LogP contribution is 2.26. The molecule has 2 aliphatic rings. The maximum atomic E-state index is 13.0. The van der Waals surface area contributed by atoms with Crippen molar-refractivity contribution in [2.24, 2.45) is 0 Å². The fourth-order valence-corrected chi connectivity index (χ4v) is 4.83. The zero-order chi connectivity index (χ0) is 19.8. The molecule has 152 valence electrons. The van der Waals surface area contributed by atoms with Crippen molar-refractivity contribution < 1.29 is 4.79 Å². The lowest BCUT2D eigenvalue weighted by molar-refractivity contribution is -0.130. The minimum Gasteiger partial charge on any atom is -0.361 e. The van der Waals surface area contributed by atoms with Gasteiger partial charge in [0.2, 0.25) is 5.91 Å². The van der Waals surface area contributed by atoms with Gasteiger partial charge in [0.05, 0.1) is 6.42 Å². The number of hydrogen-bond donors (Lipinski definition) is 1. The van der Waals surface area contributed by atoms with Crippen LogP contribution in [0.5, 0.6) is 0 Å². The Balaban J connectivity index is 1.29. The monoisotopic (exact) mass is 392 g/mol. The van der Waals surface area contributed by atoms with Crippen LogP contribution in [0.2, 0.25) is 0 Å². The molecule has 1 N–H and O–H groups in total. The minimum atomic E-state index is 0.187. The second-order valence-corrected chi connectivity index (χ2v) is 8.39. The number of aromatic nitrogens is 4. The van der Waals surface area contributed by atoms with Crippen molar-refractivity contribution >= 4 is 16.8 Å². The molecule has 3 aromatic rings. The van der Waals surface area contributed by atoms with E-state index in [-0.39, 0.29) is 5.91 Å². The topological polar surface area (TPSA) is 70.1 Å². The predicted octanol–water partition coefficient (Wildman–Crippen LogP) is 2.20. The predicted molar refractivity (Wildman–Crippen MR) is 112 cm³/mol. The van der Waals surface area contributed by atoms with Crippen molar-refractivity contribution in [1.82, 2.24) is 29.5 Å². The highest BCUT2D eigenvalue weighted by molar-refractivity contribution is 5.88. The number of piperidine rings is 1. The van der Waals surface area contributed by atoms with Gasteiger partial charge in [-0.1, -0.05) is 18.2 Å². The number of hydrogen-bond acceptors (Lipinski definition) is 4. The van der Waals surface area contributed by atoms with Crippen molar-refractivity contribution in [2.45, 2.75) is 38.1 Å². The highest BCUT2D eigenvalue weighted by Gasteiger charge is 2.28. The van der Waals surface area contributed by atoms with E-state index in [4.69, 9.17) is 0 Å². The average molecular weight is 393 g/mol. The molecule has 2 aliphatic heterocycles. The molecule has 1 saturated heterocycles. The van der Waals surface area contributed by atoms with Crippen molar-refractivity contribution in [3.05, 3.63) is 47.7 Å². The van der Waals surface area contributed by atoms with E-state index in [1.165, 1.54) is 12.8 Å². The van der Waals surface area contributed by atoms with E-state index in [0.717, 1.165) is 60.7 Å². The van der Waals surface area contributed by atoms with Crippen LogP contribution < -0.4 is 0 Å². The Kier molecular flexibility index (Phi) is 4.83. The van der Waals surface area contributed by atoms with E-state index in [1.807, 2.05) is 29.3 Å². The van der Waals surface area contributed by atoms with Crippen LogP contribution in [0, 0.1) is 0 Å². The van der Waals surface area contributed by atoms with E-state index < -0.39 is 0 Å². The minimum absolute atomic E-state index is 0.187. The average Bonchev–Trinajstić information content (AvgIpc) is 3.26. The Morgan fingerprint density at radius 3 is 2.97 bits per heavy atom. The Hall–Kier alpha value is -2.67. The number of carbonyl (C=O) groups excluding carboxylic acids is 1. The molecule has 0 aliphatic carbocycles. The molecule has 1 fully saturated rings. The number of para-hydroxylation sites is 1. The van der Waals surface area contributed by atoms with Gasteiger partial charge in [0, 0.05) is 55.6 Å². The number of likely N-dealkylation sites (N-methyl/N-ethyl adjacent to an activating group) is 1. The molecular weight excluding hydrogens is 364 g/mol. The Morgan fingerprint density at radius 1 is 1.17 bits per heavy atom. The molecule has 1 amide bonds. The van der Waals surface area contributed by atoms with Gasteiger partial charge in [-0.05, 0) is 38.1 Å². The first-order valence-corrected chi connectivity index (χ1v) is 10.6. The quantitative estimate of drug-likeness (QED) is 0.742. The van der Waals surface area contributed by atoms with E-state index in [9.17, 15) is 4.79 Å². The number of nitrogens with zero attached hydrogens (tertiary/aromatic N) is 5. The summed E-state index contributed by atoms with van der Waals surface area (Å²) < 4.78 is 2.28. The maximum Gasteiger partial charge on any atom is 0.227 e. The first kappa shape index (κ1) is 18.4. The van der Waals surface area contributed by atoms with Crippen molar-refractivity contribution in [3.63, 3.8) is 0 Å². The Bertz CT molecular complexity index is 1020.